The zero-order chi connectivity index (χ0) is 77.3. The number of pyridine rings is 1. The Labute approximate surface area is 672 Å². The van der Waals surface area contributed by atoms with Crippen LogP contribution in [0.4, 0.5) is 34.1 Å². The smallest absolute Gasteiger partial charge is 0.0644 e. The molecule has 3 aliphatic carbocycles. The lowest BCUT2D eigenvalue weighted by molar-refractivity contribution is 0.660. The first-order valence-corrected chi connectivity index (χ1v) is 40.1. The van der Waals surface area contributed by atoms with Crippen LogP contribution in [0.1, 0.15) is 74.9 Å². The van der Waals surface area contributed by atoms with Crippen molar-refractivity contribution in [1.29, 1.82) is 0 Å². The molecule has 0 saturated heterocycles. The number of hydrogen-bond acceptors (Lipinski definition) is 3. The number of para-hydroxylation sites is 4. The van der Waals surface area contributed by atoms with E-state index >= 15 is 0 Å². The lowest BCUT2D eigenvalue weighted by atomic mass is 9.82. The second-order valence-electron chi connectivity index (χ2n) is 32.7. The van der Waals surface area contributed by atoms with E-state index in [9.17, 15) is 0 Å². The van der Waals surface area contributed by atoms with E-state index in [1.54, 1.807) is 0 Å². The average Bonchev–Trinajstić information content (AvgIpc) is 1.57. The topological polar surface area (TPSA) is 29.2 Å². The monoisotopic (exact) mass is 1470 g/mol. The van der Waals surface area contributed by atoms with Gasteiger partial charge in [0.05, 0.1) is 34.0 Å². The van der Waals surface area contributed by atoms with E-state index in [1.807, 2.05) is 18.5 Å². The fourth-order valence-electron chi connectivity index (χ4n) is 19.3. The summed E-state index contributed by atoms with van der Waals surface area (Å²) in [5.74, 6) is 0. The first-order chi connectivity index (χ1) is 56.3. The molecular formula is C110H83N5. The fraction of sp³-hybridized carbons (Fsp3) is 0.0818. The summed E-state index contributed by atoms with van der Waals surface area (Å²) >= 11 is 0. The summed E-state index contributed by atoms with van der Waals surface area (Å²) < 4.78 is 4.93. The van der Waals surface area contributed by atoms with Gasteiger partial charge in [-0.1, -0.05) is 290 Å². The van der Waals surface area contributed by atoms with E-state index in [1.165, 1.54) is 161 Å². The number of benzene rings is 16. The van der Waals surface area contributed by atoms with Gasteiger partial charge in [0.15, 0.2) is 0 Å². The van der Waals surface area contributed by atoms with Crippen molar-refractivity contribution in [3.8, 4) is 89.3 Å². The molecule has 0 N–H and O–H groups in total. The molecule has 0 saturated carbocycles. The van der Waals surface area contributed by atoms with Crippen LogP contribution in [0.15, 0.2) is 395 Å². The summed E-state index contributed by atoms with van der Waals surface area (Å²) in [7, 11) is 0. The quantitative estimate of drug-likeness (QED) is 0.122. The van der Waals surface area contributed by atoms with E-state index in [0.717, 1.165) is 39.7 Å². The number of anilines is 6. The SMILES string of the molecule is CC1(C)c2ccccc2-c2ccc(-n3c4ccccc4c4ccc(-c5cccc(-c6cccc(N(c7ccccc7)c7cccnc7)c6)c5)cc43)cc21.CC1(C)c2ccccc2-c2ccc(N(c3ccccc3)c3cccc(-c4cccc(-c5ccc6c7ccccc7n(-c7ccc8c(c7)C(C)(C)c7ccccc7-8)c6c5)c4)c3)cc21. The molecular weight excluding hydrogens is 1390 g/mol. The van der Waals surface area contributed by atoms with Gasteiger partial charge in [0, 0.05) is 83.8 Å². The number of hydrogen-bond donors (Lipinski definition) is 0. The second-order valence-corrected chi connectivity index (χ2v) is 32.7. The van der Waals surface area contributed by atoms with Crippen molar-refractivity contribution in [2.45, 2.75) is 57.8 Å². The van der Waals surface area contributed by atoms with Crippen LogP contribution in [0.25, 0.3) is 133 Å². The van der Waals surface area contributed by atoms with Crippen molar-refractivity contribution in [3.05, 3.63) is 428 Å². The van der Waals surface area contributed by atoms with Gasteiger partial charge in [-0.25, -0.2) is 0 Å². The van der Waals surface area contributed by atoms with E-state index in [2.05, 4.69) is 442 Å². The molecule has 3 aromatic heterocycles. The number of aromatic nitrogens is 3. The molecule has 0 bridgehead atoms. The summed E-state index contributed by atoms with van der Waals surface area (Å²) in [5.41, 5.74) is 39.4. The molecule has 0 radical (unpaired) electrons. The molecule has 5 heteroatoms. The number of rotatable bonds is 12. The second kappa shape index (κ2) is 27.1. The Hall–Kier alpha value is -14.1. The zero-order valence-corrected chi connectivity index (χ0v) is 65.3. The van der Waals surface area contributed by atoms with Crippen LogP contribution in [0.5, 0.6) is 0 Å². The molecule has 22 rings (SSSR count). The highest BCUT2D eigenvalue weighted by atomic mass is 15.2. The molecule has 0 fully saturated rings. The number of nitrogens with zero attached hydrogens (tertiary/aromatic N) is 5. The molecule has 3 heterocycles. The van der Waals surface area contributed by atoms with Crippen LogP contribution in [-0.4, -0.2) is 14.1 Å². The molecule has 115 heavy (non-hydrogen) atoms. The molecule has 0 amide bonds. The third kappa shape index (κ3) is 11.4. The van der Waals surface area contributed by atoms with Gasteiger partial charge in [-0.05, 0) is 245 Å². The van der Waals surface area contributed by atoms with Crippen LogP contribution in [0.2, 0.25) is 0 Å². The average molecular weight is 1470 g/mol. The normalized spacial score (nSPS) is 13.5. The summed E-state index contributed by atoms with van der Waals surface area (Å²) in [4.78, 5) is 9.09. The summed E-state index contributed by atoms with van der Waals surface area (Å²) in [6, 6.07) is 140. The van der Waals surface area contributed by atoms with Gasteiger partial charge in [-0.3, -0.25) is 4.98 Å². The van der Waals surface area contributed by atoms with Gasteiger partial charge in [-0.2, -0.15) is 0 Å². The molecule has 0 atom stereocenters. The molecule has 19 aromatic rings. The minimum atomic E-state index is -0.0887. The highest BCUT2D eigenvalue weighted by molar-refractivity contribution is 6.12. The molecule has 0 aliphatic heterocycles. The molecule has 3 aliphatic rings. The molecule has 0 unspecified atom stereocenters. The van der Waals surface area contributed by atoms with Crippen molar-refractivity contribution in [2.24, 2.45) is 0 Å². The minimum Gasteiger partial charge on any atom is -0.310 e. The maximum absolute atomic E-state index is 4.43. The highest BCUT2D eigenvalue weighted by Crippen LogP contribution is 2.54. The summed E-state index contributed by atoms with van der Waals surface area (Å²) in [6.07, 6.45) is 3.73. The van der Waals surface area contributed by atoms with Crippen molar-refractivity contribution in [3.63, 3.8) is 0 Å². The Morgan fingerprint density at radius 3 is 0.965 bits per heavy atom. The molecule has 0 spiro atoms. The molecule has 16 aromatic carbocycles. The van der Waals surface area contributed by atoms with Crippen LogP contribution >= 0.6 is 0 Å². The number of fused-ring (bicyclic) bond motifs is 15. The fourth-order valence-corrected chi connectivity index (χ4v) is 19.3. The van der Waals surface area contributed by atoms with Crippen molar-refractivity contribution >= 4 is 77.7 Å². The van der Waals surface area contributed by atoms with Gasteiger partial charge in [0.2, 0.25) is 0 Å². The van der Waals surface area contributed by atoms with Gasteiger partial charge < -0.3 is 18.9 Å². The van der Waals surface area contributed by atoms with Gasteiger partial charge in [0.25, 0.3) is 0 Å². The predicted octanol–water partition coefficient (Wildman–Crippen LogP) is 29.5. The van der Waals surface area contributed by atoms with Crippen LogP contribution in [-0.2, 0) is 16.2 Å². The lowest BCUT2D eigenvalue weighted by Crippen LogP contribution is -2.16. The van der Waals surface area contributed by atoms with Crippen LogP contribution < -0.4 is 9.80 Å². The van der Waals surface area contributed by atoms with Gasteiger partial charge in [0.1, 0.15) is 0 Å². The Bertz CT molecular complexity index is 7040. The van der Waals surface area contributed by atoms with Crippen molar-refractivity contribution < 1.29 is 0 Å². The van der Waals surface area contributed by atoms with Gasteiger partial charge >= 0.3 is 0 Å². The predicted molar refractivity (Wildman–Crippen MR) is 483 cm³/mol. The third-order valence-electron chi connectivity index (χ3n) is 25.0. The van der Waals surface area contributed by atoms with Gasteiger partial charge in [-0.15, -0.1) is 0 Å². The third-order valence-corrected chi connectivity index (χ3v) is 25.0. The minimum absolute atomic E-state index is 0.0697. The Morgan fingerprint density at radius 1 is 0.209 bits per heavy atom. The Balaban J connectivity index is 0.000000146. The first kappa shape index (κ1) is 68.9. The summed E-state index contributed by atoms with van der Waals surface area (Å²) in [5, 5.41) is 5.05. The Kier molecular flexibility index (Phi) is 16.2. The van der Waals surface area contributed by atoms with E-state index in [4.69, 9.17) is 0 Å². The lowest BCUT2D eigenvalue weighted by Gasteiger charge is -2.28. The maximum Gasteiger partial charge on any atom is 0.0644 e. The highest BCUT2D eigenvalue weighted by Gasteiger charge is 2.39. The zero-order valence-electron chi connectivity index (χ0n) is 65.3. The van der Waals surface area contributed by atoms with E-state index in [-0.39, 0.29) is 16.2 Å². The molecule has 5 nitrogen and oxygen atoms in total. The Morgan fingerprint density at radius 2 is 0.530 bits per heavy atom. The summed E-state index contributed by atoms with van der Waals surface area (Å²) in [6.45, 7) is 14.1. The van der Waals surface area contributed by atoms with Crippen molar-refractivity contribution in [1.82, 2.24) is 14.1 Å². The standard InChI is InChI=1S/C60H46N2.C50H37N3/c1-59(2)53-25-11-8-22-47(53)49-32-29-45(37-55(49)59)61(43-19-6-5-7-20-43)44-21-15-18-41(35-44)39-16-14-17-40(34-39)42-28-31-52-51-24-10-13-27-57(51)62(58(52)36-42)46-30-33-50-48-23-9-12-26-54(48)60(3,4)56(50)38-46;1-50(2)46-22-8-6-20-42(46)43-27-25-40(32-47(43)50)53-48-23-9-7-21-44(48)45-26-24-37(31-49(45)53)35-14-10-13-34(29-35)36-15-11-18-39(30-36)52(38-16-4-3-5-17-38)41-19-12-28-51-33-41/h5-38H,1-4H3;3-33H,1-2H3. The largest absolute Gasteiger partial charge is 0.310 e. The van der Waals surface area contributed by atoms with E-state index in [0.29, 0.717) is 0 Å². The maximum atomic E-state index is 4.43. The van der Waals surface area contributed by atoms with Crippen LogP contribution in [0, 0.1) is 0 Å². The van der Waals surface area contributed by atoms with Crippen LogP contribution in [0.3, 0.4) is 0 Å². The van der Waals surface area contributed by atoms with E-state index < -0.39 is 0 Å². The molecule has 548 valence electrons. The first-order valence-electron chi connectivity index (χ1n) is 40.1. The van der Waals surface area contributed by atoms with Crippen molar-refractivity contribution in [2.75, 3.05) is 9.80 Å².